The molecule has 2 rings (SSSR count). The first-order chi connectivity index (χ1) is 5.42. The number of imidazole rings is 1. The van der Waals surface area contributed by atoms with Gasteiger partial charge in [-0.2, -0.15) is 0 Å². The molecular formula is C8H7ClN2. The molecule has 56 valence electrons. The average Bonchev–Trinajstić information content (AvgIpc) is 2.47. The van der Waals surface area contributed by atoms with Crippen molar-refractivity contribution in [3.63, 3.8) is 0 Å². The third-order valence-corrected chi connectivity index (χ3v) is 1.91. The fourth-order valence-electron chi connectivity index (χ4n) is 1.11. The topological polar surface area (TPSA) is 17.8 Å². The number of halogens is 1. The molecule has 1 aromatic carbocycles. The van der Waals surface area contributed by atoms with E-state index in [0.29, 0.717) is 6.00 Å². The summed E-state index contributed by atoms with van der Waals surface area (Å²) in [6.45, 7) is 0. The molecule has 0 saturated carbocycles. The Hall–Kier alpha value is -1.02. The molecule has 11 heavy (non-hydrogen) atoms. The summed E-state index contributed by atoms with van der Waals surface area (Å²) in [6.07, 6.45) is 1.75. The van der Waals surface area contributed by atoms with E-state index in [1.54, 1.807) is 6.33 Å². The number of hydrogen-bond acceptors (Lipinski definition) is 1. The molecule has 0 fully saturated rings. The SMILES string of the molecule is ClCn1cnc2ccccc21. The second-order valence-electron chi connectivity index (χ2n) is 2.32. The maximum Gasteiger partial charge on any atom is 0.0986 e. The number of hydrogen-bond donors (Lipinski definition) is 0. The predicted octanol–water partition coefficient (Wildman–Crippen LogP) is 2.23. The summed E-state index contributed by atoms with van der Waals surface area (Å²) in [4.78, 5) is 4.17. The van der Waals surface area contributed by atoms with Crippen molar-refractivity contribution in [2.45, 2.75) is 6.00 Å². The van der Waals surface area contributed by atoms with E-state index in [1.807, 2.05) is 28.8 Å². The Labute approximate surface area is 69.4 Å². The highest BCUT2D eigenvalue weighted by atomic mass is 35.5. The summed E-state index contributed by atoms with van der Waals surface area (Å²) in [5.74, 6) is 0. The molecule has 0 aliphatic carbocycles. The molecule has 0 unspecified atom stereocenters. The van der Waals surface area contributed by atoms with E-state index < -0.39 is 0 Å². The van der Waals surface area contributed by atoms with Crippen molar-refractivity contribution in [1.29, 1.82) is 0 Å². The molecule has 0 amide bonds. The Bertz CT molecular complexity index is 367. The Balaban J connectivity index is 2.76. The van der Waals surface area contributed by atoms with Crippen LogP contribution in [-0.2, 0) is 6.00 Å². The van der Waals surface area contributed by atoms with Gasteiger partial charge < -0.3 is 4.57 Å². The van der Waals surface area contributed by atoms with Gasteiger partial charge in [0.15, 0.2) is 0 Å². The molecule has 0 bridgehead atoms. The highest BCUT2D eigenvalue weighted by Crippen LogP contribution is 2.11. The maximum absolute atomic E-state index is 5.67. The van der Waals surface area contributed by atoms with E-state index in [1.165, 1.54) is 0 Å². The van der Waals surface area contributed by atoms with Crippen molar-refractivity contribution >= 4 is 22.6 Å². The summed E-state index contributed by atoms with van der Waals surface area (Å²) < 4.78 is 1.90. The summed E-state index contributed by atoms with van der Waals surface area (Å²) in [5.41, 5.74) is 2.08. The summed E-state index contributed by atoms with van der Waals surface area (Å²) in [6, 6.07) is 8.38. The minimum absolute atomic E-state index is 0.459. The van der Waals surface area contributed by atoms with Crippen LogP contribution < -0.4 is 0 Å². The second kappa shape index (κ2) is 2.55. The Kier molecular flexibility index (Phi) is 1.55. The van der Waals surface area contributed by atoms with Crippen LogP contribution in [0.1, 0.15) is 0 Å². The fraction of sp³-hybridized carbons (Fsp3) is 0.125. The summed E-state index contributed by atoms with van der Waals surface area (Å²) in [5, 5.41) is 0. The number of nitrogens with zero attached hydrogens (tertiary/aromatic N) is 2. The molecule has 0 aliphatic rings. The highest BCUT2D eigenvalue weighted by molar-refractivity contribution is 6.15. The largest absolute Gasteiger partial charge is 0.316 e. The van der Waals surface area contributed by atoms with E-state index in [0.717, 1.165) is 11.0 Å². The summed E-state index contributed by atoms with van der Waals surface area (Å²) in [7, 11) is 0. The molecule has 0 spiro atoms. The third-order valence-electron chi connectivity index (χ3n) is 1.66. The van der Waals surface area contributed by atoms with Gasteiger partial charge >= 0.3 is 0 Å². The van der Waals surface area contributed by atoms with Gasteiger partial charge in [0.05, 0.1) is 23.4 Å². The van der Waals surface area contributed by atoms with Gasteiger partial charge in [0.25, 0.3) is 0 Å². The Morgan fingerprint density at radius 3 is 3.00 bits per heavy atom. The van der Waals surface area contributed by atoms with E-state index in [-0.39, 0.29) is 0 Å². The van der Waals surface area contributed by atoms with Crippen LogP contribution in [0.4, 0.5) is 0 Å². The lowest BCUT2D eigenvalue weighted by molar-refractivity contribution is 0.913. The molecule has 0 aliphatic heterocycles. The van der Waals surface area contributed by atoms with E-state index in [2.05, 4.69) is 4.98 Å². The Morgan fingerprint density at radius 2 is 2.18 bits per heavy atom. The number of fused-ring (bicyclic) bond motifs is 1. The molecule has 1 heterocycles. The minimum atomic E-state index is 0.459. The van der Waals surface area contributed by atoms with Crippen LogP contribution in [0.25, 0.3) is 11.0 Å². The monoisotopic (exact) mass is 166 g/mol. The van der Waals surface area contributed by atoms with Gasteiger partial charge in [0.2, 0.25) is 0 Å². The van der Waals surface area contributed by atoms with Crippen molar-refractivity contribution < 1.29 is 0 Å². The maximum atomic E-state index is 5.67. The zero-order valence-electron chi connectivity index (χ0n) is 5.87. The van der Waals surface area contributed by atoms with Crippen molar-refractivity contribution in [3.8, 4) is 0 Å². The van der Waals surface area contributed by atoms with Gasteiger partial charge in [-0.3, -0.25) is 0 Å². The molecule has 2 aromatic rings. The number of aromatic nitrogens is 2. The Morgan fingerprint density at radius 1 is 1.36 bits per heavy atom. The molecular weight excluding hydrogens is 160 g/mol. The molecule has 0 radical (unpaired) electrons. The zero-order chi connectivity index (χ0) is 7.68. The second-order valence-corrected chi connectivity index (χ2v) is 2.56. The fourth-order valence-corrected chi connectivity index (χ4v) is 1.30. The third kappa shape index (κ3) is 0.994. The van der Waals surface area contributed by atoms with E-state index in [4.69, 9.17) is 11.6 Å². The molecule has 2 nitrogen and oxygen atoms in total. The lowest BCUT2D eigenvalue weighted by Gasteiger charge is -1.94. The normalized spacial score (nSPS) is 10.6. The number of rotatable bonds is 1. The molecule has 0 N–H and O–H groups in total. The van der Waals surface area contributed by atoms with Crippen LogP contribution in [0.2, 0.25) is 0 Å². The van der Waals surface area contributed by atoms with Gasteiger partial charge in [-0.05, 0) is 12.1 Å². The van der Waals surface area contributed by atoms with E-state index in [9.17, 15) is 0 Å². The standard InChI is InChI=1S/C8H7ClN2/c9-5-11-6-10-7-3-1-2-4-8(7)11/h1-4,6H,5H2. The smallest absolute Gasteiger partial charge is 0.0986 e. The number of alkyl halides is 1. The number of benzene rings is 1. The van der Waals surface area contributed by atoms with Crippen molar-refractivity contribution in [3.05, 3.63) is 30.6 Å². The first kappa shape index (κ1) is 6.68. The highest BCUT2D eigenvalue weighted by Gasteiger charge is 1.97. The predicted molar refractivity (Wildman–Crippen MR) is 45.6 cm³/mol. The van der Waals surface area contributed by atoms with Crippen molar-refractivity contribution in [2.75, 3.05) is 0 Å². The van der Waals surface area contributed by atoms with Crippen LogP contribution in [0.5, 0.6) is 0 Å². The van der Waals surface area contributed by atoms with Crippen LogP contribution >= 0.6 is 11.6 Å². The summed E-state index contributed by atoms with van der Waals surface area (Å²) >= 11 is 5.67. The van der Waals surface area contributed by atoms with Gasteiger partial charge in [0.1, 0.15) is 0 Å². The van der Waals surface area contributed by atoms with Gasteiger partial charge in [-0.25, -0.2) is 4.98 Å². The lowest BCUT2D eigenvalue weighted by atomic mass is 10.3. The molecule has 0 saturated heterocycles. The van der Waals surface area contributed by atoms with Gasteiger partial charge in [-0.1, -0.05) is 12.1 Å². The quantitative estimate of drug-likeness (QED) is 0.594. The molecule has 1 aromatic heterocycles. The van der Waals surface area contributed by atoms with E-state index >= 15 is 0 Å². The van der Waals surface area contributed by atoms with Crippen molar-refractivity contribution in [1.82, 2.24) is 9.55 Å². The van der Waals surface area contributed by atoms with Crippen LogP contribution in [0, 0.1) is 0 Å². The van der Waals surface area contributed by atoms with Gasteiger partial charge in [0, 0.05) is 0 Å². The van der Waals surface area contributed by atoms with Crippen molar-refractivity contribution in [2.24, 2.45) is 0 Å². The molecule has 3 heteroatoms. The zero-order valence-corrected chi connectivity index (χ0v) is 6.62. The average molecular weight is 167 g/mol. The molecule has 0 atom stereocenters. The van der Waals surface area contributed by atoms with Crippen LogP contribution in [-0.4, -0.2) is 9.55 Å². The van der Waals surface area contributed by atoms with Crippen LogP contribution in [0.15, 0.2) is 30.6 Å². The minimum Gasteiger partial charge on any atom is -0.316 e. The van der Waals surface area contributed by atoms with Crippen LogP contribution in [0.3, 0.4) is 0 Å². The number of para-hydroxylation sites is 2. The first-order valence-electron chi connectivity index (χ1n) is 3.37. The lowest BCUT2D eigenvalue weighted by Crippen LogP contribution is -1.87. The first-order valence-corrected chi connectivity index (χ1v) is 3.91. The van der Waals surface area contributed by atoms with Gasteiger partial charge in [-0.15, -0.1) is 11.6 Å².